The normalized spacial score (nSPS) is 11.4. The predicted octanol–water partition coefficient (Wildman–Crippen LogP) is 4.28. The molecule has 0 bridgehead atoms. The third kappa shape index (κ3) is 4.59. The number of rotatable bonds is 7. The minimum atomic E-state index is -0.776. The van der Waals surface area contributed by atoms with Gasteiger partial charge in [-0.2, -0.15) is 5.26 Å². The SMILES string of the molecule is N#CC(=C(O)COC(=O)c1ccc(C(=O)C(=O)c2ccccc2)cc1)c1nc2ccccc2[nH]1. The molecule has 0 aliphatic carbocycles. The summed E-state index contributed by atoms with van der Waals surface area (Å²) in [6, 6.07) is 22.5. The lowest BCUT2D eigenvalue weighted by atomic mass is 10.0. The molecule has 4 rings (SSSR count). The molecular formula is C26H17N3O5. The number of nitriles is 1. The van der Waals surface area contributed by atoms with Crippen molar-refractivity contribution in [2.75, 3.05) is 6.61 Å². The van der Waals surface area contributed by atoms with E-state index in [9.17, 15) is 24.8 Å². The summed E-state index contributed by atoms with van der Waals surface area (Å²) >= 11 is 0. The molecule has 1 heterocycles. The highest BCUT2D eigenvalue weighted by Gasteiger charge is 2.19. The Balaban J connectivity index is 1.43. The fraction of sp³-hybridized carbons (Fsp3) is 0.0385. The number of ether oxygens (including phenoxy) is 1. The van der Waals surface area contributed by atoms with Crippen molar-refractivity contribution < 1.29 is 24.2 Å². The van der Waals surface area contributed by atoms with Gasteiger partial charge in [-0.1, -0.05) is 54.6 Å². The molecule has 8 heteroatoms. The molecule has 4 aromatic rings. The van der Waals surface area contributed by atoms with Gasteiger partial charge in [0, 0.05) is 11.1 Å². The van der Waals surface area contributed by atoms with E-state index in [1.165, 1.54) is 24.3 Å². The van der Waals surface area contributed by atoms with Gasteiger partial charge in [0.05, 0.1) is 16.6 Å². The molecule has 34 heavy (non-hydrogen) atoms. The zero-order valence-corrected chi connectivity index (χ0v) is 17.7. The van der Waals surface area contributed by atoms with Crippen LogP contribution in [0.4, 0.5) is 0 Å². The predicted molar refractivity (Wildman–Crippen MR) is 123 cm³/mol. The first kappa shape index (κ1) is 22.2. The maximum absolute atomic E-state index is 12.4. The fourth-order valence-corrected chi connectivity index (χ4v) is 3.22. The Morgan fingerprint density at radius 2 is 1.44 bits per heavy atom. The number of carbonyl (C=O) groups is 3. The number of fused-ring (bicyclic) bond motifs is 1. The van der Waals surface area contributed by atoms with Crippen LogP contribution in [0.5, 0.6) is 0 Å². The lowest BCUT2D eigenvalue weighted by Gasteiger charge is -2.06. The number of Topliss-reactive ketones (excluding diaryl/α,β-unsaturated/α-hetero) is 2. The van der Waals surface area contributed by atoms with Crippen molar-refractivity contribution in [3.63, 3.8) is 0 Å². The Hall–Kier alpha value is -5.03. The van der Waals surface area contributed by atoms with Crippen LogP contribution in [0.3, 0.4) is 0 Å². The van der Waals surface area contributed by atoms with E-state index in [0.29, 0.717) is 11.0 Å². The van der Waals surface area contributed by atoms with E-state index in [4.69, 9.17) is 4.74 Å². The molecule has 0 spiro atoms. The summed E-state index contributed by atoms with van der Waals surface area (Å²) in [7, 11) is 0. The molecule has 0 radical (unpaired) electrons. The van der Waals surface area contributed by atoms with Crippen LogP contribution >= 0.6 is 0 Å². The summed E-state index contributed by atoms with van der Waals surface area (Å²) in [5.74, 6) is -2.43. The largest absolute Gasteiger partial charge is 0.507 e. The second-order valence-corrected chi connectivity index (χ2v) is 7.21. The fourth-order valence-electron chi connectivity index (χ4n) is 3.22. The number of hydrogen-bond acceptors (Lipinski definition) is 7. The maximum Gasteiger partial charge on any atom is 0.338 e. The second-order valence-electron chi connectivity index (χ2n) is 7.21. The first-order valence-corrected chi connectivity index (χ1v) is 10.2. The number of ketones is 2. The van der Waals surface area contributed by atoms with Crippen LogP contribution in [0.1, 0.15) is 36.9 Å². The lowest BCUT2D eigenvalue weighted by Crippen LogP contribution is -2.15. The molecule has 0 unspecified atom stereocenters. The van der Waals surface area contributed by atoms with Crippen molar-refractivity contribution in [3.05, 3.63) is 107 Å². The van der Waals surface area contributed by atoms with Gasteiger partial charge in [0.25, 0.3) is 0 Å². The van der Waals surface area contributed by atoms with Crippen molar-refractivity contribution in [3.8, 4) is 6.07 Å². The Morgan fingerprint density at radius 1 is 0.853 bits per heavy atom. The van der Waals surface area contributed by atoms with E-state index < -0.39 is 29.9 Å². The van der Waals surface area contributed by atoms with E-state index in [-0.39, 0.29) is 28.1 Å². The number of aliphatic hydroxyl groups is 1. The molecule has 0 saturated heterocycles. The van der Waals surface area contributed by atoms with Crippen LogP contribution < -0.4 is 0 Å². The highest BCUT2D eigenvalue weighted by atomic mass is 16.5. The van der Waals surface area contributed by atoms with E-state index in [1.807, 2.05) is 6.07 Å². The zero-order valence-electron chi connectivity index (χ0n) is 17.7. The molecule has 0 saturated carbocycles. The van der Waals surface area contributed by atoms with Gasteiger partial charge >= 0.3 is 5.97 Å². The standard InChI is InChI=1S/C26H17N3O5/c27-14-19(25-28-20-8-4-5-9-21(20)29-25)22(30)15-34-26(33)18-12-10-17(11-13-18)24(32)23(31)16-6-2-1-3-7-16/h1-13,30H,15H2,(H,28,29). The Bertz CT molecular complexity index is 1430. The molecule has 3 aromatic carbocycles. The van der Waals surface area contributed by atoms with Crippen molar-refractivity contribution >= 4 is 34.1 Å². The number of aromatic amines is 1. The first-order chi connectivity index (χ1) is 16.5. The number of allylic oxidation sites excluding steroid dienone is 1. The van der Waals surface area contributed by atoms with Gasteiger partial charge in [-0.05, 0) is 24.3 Å². The number of nitrogens with zero attached hydrogens (tertiary/aromatic N) is 2. The number of aliphatic hydroxyl groups excluding tert-OH is 1. The summed E-state index contributed by atoms with van der Waals surface area (Å²) in [5.41, 5.74) is 1.68. The van der Waals surface area contributed by atoms with Crippen LogP contribution in [-0.2, 0) is 4.74 Å². The van der Waals surface area contributed by atoms with E-state index >= 15 is 0 Å². The maximum atomic E-state index is 12.4. The molecule has 166 valence electrons. The molecule has 0 amide bonds. The molecule has 0 fully saturated rings. The van der Waals surface area contributed by atoms with Gasteiger partial charge in [0.15, 0.2) is 11.6 Å². The highest BCUT2D eigenvalue weighted by Crippen LogP contribution is 2.19. The third-order valence-electron chi connectivity index (χ3n) is 4.99. The molecule has 0 aliphatic rings. The number of esters is 1. The molecule has 0 aliphatic heterocycles. The molecule has 1 aromatic heterocycles. The van der Waals surface area contributed by atoms with Crippen molar-refractivity contribution in [2.45, 2.75) is 0 Å². The summed E-state index contributed by atoms with van der Waals surface area (Å²) < 4.78 is 5.09. The zero-order chi connectivity index (χ0) is 24.1. The summed E-state index contributed by atoms with van der Waals surface area (Å²) in [6.07, 6.45) is 0. The molecular weight excluding hydrogens is 434 g/mol. The molecule has 2 N–H and O–H groups in total. The topological polar surface area (TPSA) is 133 Å². The third-order valence-corrected chi connectivity index (χ3v) is 4.99. The Morgan fingerprint density at radius 3 is 2.09 bits per heavy atom. The monoisotopic (exact) mass is 451 g/mol. The summed E-state index contributed by atoms with van der Waals surface area (Å²) in [6.45, 7) is -0.550. The van der Waals surface area contributed by atoms with Crippen LogP contribution in [0.25, 0.3) is 16.6 Å². The van der Waals surface area contributed by atoms with Crippen molar-refractivity contribution in [2.24, 2.45) is 0 Å². The Labute approximate surface area is 193 Å². The number of nitrogens with one attached hydrogen (secondary N) is 1. The van der Waals surface area contributed by atoms with Crippen molar-refractivity contribution in [1.29, 1.82) is 5.26 Å². The number of aromatic nitrogens is 2. The van der Waals surface area contributed by atoms with Crippen LogP contribution in [0, 0.1) is 11.3 Å². The highest BCUT2D eigenvalue weighted by molar-refractivity contribution is 6.49. The number of para-hydroxylation sites is 2. The minimum absolute atomic E-state index is 0.110. The average Bonchev–Trinajstić information content (AvgIpc) is 3.31. The van der Waals surface area contributed by atoms with E-state index in [1.54, 1.807) is 54.6 Å². The smallest absolute Gasteiger partial charge is 0.338 e. The van der Waals surface area contributed by atoms with Gasteiger partial charge < -0.3 is 14.8 Å². The summed E-state index contributed by atoms with van der Waals surface area (Å²) in [4.78, 5) is 44.3. The number of carbonyl (C=O) groups excluding carboxylic acids is 3. The number of benzene rings is 3. The van der Waals surface area contributed by atoms with E-state index in [0.717, 1.165) is 0 Å². The quantitative estimate of drug-likeness (QED) is 0.141. The van der Waals surface area contributed by atoms with E-state index in [2.05, 4.69) is 9.97 Å². The second kappa shape index (κ2) is 9.63. The average molecular weight is 451 g/mol. The van der Waals surface area contributed by atoms with Crippen LogP contribution in [-0.4, -0.2) is 39.2 Å². The molecule has 8 nitrogen and oxygen atoms in total. The Kier molecular flexibility index (Phi) is 6.28. The molecule has 0 atom stereocenters. The summed E-state index contributed by atoms with van der Waals surface area (Å²) in [5, 5.41) is 19.7. The lowest BCUT2D eigenvalue weighted by molar-refractivity contribution is 0.0502. The van der Waals surface area contributed by atoms with Gasteiger partial charge in [0.2, 0.25) is 11.6 Å². The van der Waals surface area contributed by atoms with Crippen LogP contribution in [0.15, 0.2) is 84.6 Å². The first-order valence-electron chi connectivity index (χ1n) is 10.2. The van der Waals surface area contributed by atoms with Crippen LogP contribution in [0.2, 0.25) is 0 Å². The van der Waals surface area contributed by atoms with Gasteiger partial charge in [-0.15, -0.1) is 0 Å². The number of hydrogen-bond donors (Lipinski definition) is 2. The van der Waals surface area contributed by atoms with Gasteiger partial charge in [-0.3, -0.25) is 9.59 Å². The number of H-pyrrole nitrogens is 1. The minimum Gasteiger partial charge on any atom is -0.507 e. The van der Waals surface area contributed by atoms with Gasteiger partial charge in [0.1, 0.15) is 18.2 Å². The van der Waals surface area contributed by atoms with Gasteiger partial charge in [-0.25, -0.2) is 9.78 Å². The number of imidazole rings is 1. The van der Waals surface area contributed by atoms with Crippen molar-refractivity contribution in [1.82, 2.24) is 9.97 Å².